The standard InChI is InChI=1S/C14H23NO/c1-4-15-11-14(10-12(2)16-3)13-8-6-5-7-9-13/h5-9,12,14-15H,4,10-11H2,1-3H3. The molecule has 1 aromatic carbocycles. The van der Waals surface area contributed by atoms with E-state index in [1.54, 1.807) is 7.11 Å². The van der Waals surface area contributed by atoms with E-state index in [0.29, 0.717) is 12.0 Å². The van der Waals surface area contributed by atoms with Crippen molar-refractivity contribution in [2.75, 3.05) is 20.2 Å². The molecule has 0 radical (unpaired) electrons. The summed E-state index contributed by atoms with van der Waals surface area (Å²) in [5.41, 5.74) is 1.40. The van der Waals surface area contributed by atoms with E-state index in [1.807, 2.05) is 0 Å². The smallest absolute Gasteiger partial charge is 0.0549 e. The van der Waals surface area contributed by atoms with Gasteiger partial charge in [0.05, 0.1) is 6.10 Å². The number of benzene rings is 1. The number of nitrogens with one attached hydrogen (secondary N) is 1. The van der Waals surface area contributed by atoms with Crippen molar-refractivity contribution >= 4 is 0 Å². The molecule has 90 valence electrons. The zero-order valence-electron chi connectivity index (χ0n) is 10.6. The number of hydrogen-bond donors (Lipinski definition) is 1. The zero-order valence-corrected chi connectivity index (χ0v) is 10.6. The Hall–Kier alpha value is -0.860. The maximum Gasteiger partial charge on any atom is 0.0549 e. The van der Waals surface area contributed by atoms with Crippen LogP contribution in [0.5, 0.6) is 0 Å². The molecule has 0 heterocycles. The SMILES string of the molecule is CCNCC(CC(C)OC)c1ccccc1. The second kappa shape index (κ2) is 7.42. The molecule has 0 spiro atoms. The molecule has 2 nitrogen and oxygen atoms in total. The van der Waals surface area contributed by atoms with Gasteiger partial charge < -0.3 is 10.1 Å². The van der Waals surface area contributed by atoms with Crippen LogP contribution in [0.25, 0.3) is 0 Å². The second-order valence-electron chi connectivity index (χ2n) is 4.20. The Morgan fingerprint density at radius 1 is 1.25 bits per heavy atom. The zero-order chi connectivity index (χ0) is 11.8. The van der Waals surface area contributed by atoms with Gasteiger partial charge in [-0.1, -0.05) is 37.3 Å². The lowest BCUT2D eigenvalue weighted by atomic mass is 9.93. The topological polar surface area (TPSA) is 21.3 Å². The van der Waals surface area contributed by atoms with Crippen molar-refractivity contribution in [3.8, 4) is 0 Å². The molecule has 0 aromatic heterocycles. The van der Waals surface area contributed by atoms with Gasteiger partial charge in [-0.25, -0.2) is 0 Å². The van der Waals surface area contributed by atoms with Crippen LogP contribution in [-0.2, 0) is 4.74 Å². The molecule has 0 aliphatic rings. The van der Waals surface area contributed by atoms with E-state index in [9.17, 15) is 0 Å². The maximum atomic E-state index is 5.35. The third kappa shape index (κ3) is 4.33. The monoisotopic (exact) mass is 221 g/mol. The molecular formula is C14H23NO. The van der Waals surface area contributed by atoms with Crippen molar-refractivity contribution in [1.82, 2.24) is 5.32 Å². The summed E-state index contributed by atoms with van der Waals surface area (Å²) in [6.07, 6.45) is 1.37. The molecule has 16 heavy (non-hydrogen) atoms. The van der Waals surface area contributed by atoms with Crippen LogP contribution in [0.1, 0.15) is 31.7 Å². The van der Waals surface area contributed by atoms with E-state index < -0.39 is 0 Å². The molecule has 1 rings (SSSR count). The summed E-state index contributed by atoms with van der Waals surface area (Å²) >= 11 is 0. The highest BCUT2D eigenvalue weighted by Crippen LogP contribution is 2.21. The molecule has 1 aromatic rings. The van der Waals surface area contributed by atoms with Crippen molar-refractivity contribution < 1.29 is 4.74 Å². The van der Waals surface area contributed by atoms with Crippen LogP contribution in [-0.4, -0.2) is 26.3 Å². The Morgan fingerprint density at radius 2 is 1.94 bits per heavy atom. The van der Waals surface area contributed by atoms with Gasteiger partial charge in [-0.3, -0.25) is 0 Å². The van der Waals surface area contributed by atoms with Crippen molar-refractivity contribution in [1.29, 1.82) is 0 Å². The molecule has 0 fully saturated rings. The van der Waals surface area contributed by atoms with Gasteiger partial charge in [-0.05, 0) is 31.4 Å². The van der Waals surface area contributed by atoms with Gasteiger partial charge in [0, 0.05) is 13.7 Å². The average molecular weight is 221 g/mol. The summed E-state index contributed by atoms with van der Waals surface area (Å²) in [5.74, 6) is 0.538. The van der Waals surface area contributed by atoms with Crippen LogP contribution in [0.2, 0.25) is 0 Å². The Labute approximate surface area is 99.0 Å². The van der Waals surface area contributed by atoms with Crippen LogP contribution < -0.4 is 5.32 Å². The first-order chi connectivity index (χ1) is 7.77. The number of hydrogen-bond acceptors (Lipinski definition) is 2. The molecule has 1 N–H and O–H groups in total. The lowest BCUT2D eigenvalue weighted by Crippen LogP contribution is -2.24. The Bertz CT molecular complexity index is 273. The van der Waals surface area contributed by atoms with Crippen LogP contribution in [0.3, 0.4) is 0 Å². The molecule has 2 unspecified atom stereocenters. The molecule has 0 amide bonds. The minimum Gasteiger partial charge on any atom is -0.382 e. The second-order valence-corrected chi connectivity index (χ2v) is 4.20. The van der Waals surface area contributed by atoms with Gasteiger partial charge in [0.25, 0.3) is 0 Å². The minimum atomic E-state index is 0.309. The number of likely N-dealkylation sites (N-methyl/N-ethyl adjacent to an activating group) is 1. The molecular weight excluding hydrogens is 198 g/mol. The van der Waals surface area contributed by atoms with E-state index in [0.717, 1.165) is 19.5 Å². The summed E-state index contributed by atoms with van der Waals surface area (Å²) in [5, 5.41) is 3.42. The van der Waals surface area contributed by atoms with E-state index in [2.05, 4.69) is 49.5 Å². The molecule has 0 bridgehead atoms. The Kier molecular flexibility index (Phi) is 6.12. The first-order valence-electron chi connectivity index (χ1n) is 6.06. The maximum absolute atomic E-state index is 5.35. The van der Waals surface area contributed by atoms with Crippen molar-refractivity contribution in [2.45, 2.75) is 32.3 Å². The molecule has 0 saturated heterocycles. The lowest BCUT2D eigenvalue weighted by molar-refractivity contribution is 0.104. The van der Waals surface area contributed by atoms with Gasteiger partial charge in [0.15, 0.2) is 0 Å². The predicted octanol–water partition coefficient (Wildman–Crippen LogP) is 2.80. The number of methoxy groups -OCH3 is 1. The van der Waals surface area contributed by atoms with E-state index in [4.69, 9.17) is 4.74 Å². The van der Waals surface area contributed by atoms with Crippen molar-refractivity contribution in [3.05, 3.63) is 35.9 Å². The van der Waals surface area contributed by atoms with Crippen molar-refractivity contribution in [3.63, 3.8) is 0 Å². The minimum absolute atomic E-state index is 0.309. The van der Waals surface area contributed by atoms with Crippen molar-refractivity contribution in [2.24, 2.45) is 0 Å². The molecule has 0 aliphatic heterocycles. The Morgan fingerprint density at radius 3 is 2.50 bits per heavy atom. The highest BCUT2D eigenvalue weighted by Gasteiger charge is 2.14. The third-order valence-corrected chi connectivity index (χ3v) is 2.93. The van der Waals surface area contributed by atoms with E-state index >= 15 is 0 Å². The first kappa shape index (κ1) is 13.2. The summed E-state index contributed by atoms with van der Waals surface area (Å²) in [4.78, 5) is 0. The largest absolute Gasteiger partial charge is 0.382 e. The van der Waals surface area contributed by atoms with E-state index in [1.165, 1.54) is 5.56 Å². The van der Waals surface area contributed by atoms with Crippen LogP contribution in [0, 0.1) is 0 Å². The fraction of sp³-hybridized carbons (Fsp3) is 0.571. The normalized spacial score (nSPS) is 14.7. The number of rotatable bonds is 7. The lowest BCUT2D eigenvalue weighted by Gasteiger charge is -2.21. The highest BCUT2D eigenvalue weighted by atomic mass is 16.5. The molecule has 2 atom stereocenters. The summed E-state index contributed by atoms with van der Waals surface area (Å²) in [6, 6.07) is 10.7. The quantitative estimate of drug-likeness (QED) is 0.764. The third-order valence-electron chi connectivity index (χ3n) is 2.93. The summed E-state index contributed by atoms with van der Waals surface area (Å²) in [7, 11) is 1.78. The summed E-state index contributed by atoms with van der Waals surface area (Å²) in [6.45, 7) is 6.31. The van der Waals surface area contributed by atoms with Gasteiger partial charge in [0.1, 0.15) is 0 Å². The molecule has 2 heteroatoms. The molecule has 0 aliphatic carbocycles. The highest BCUT2D eigenvalue weighted by molar-refractivity contribution is 5.20. The summed E-state index contributed by atoms with van der Waals surface area (Å²) < 4.78 is 5.35. The van der Waals surface area contributed by atoms with Gasteiger partial charge >= 0.3 is 0 Å². The van der Waals surface area contributed by atoms with Gasteiger partial charge in [-0.2, -0.15) is 0 Å². The van der Waals surface area contributed by atoms with Gasteiger partial charge in [0.2, 0.25) is 0 Å². The fourth-order valence-corrected chi connectivity index (χ4v) is 1.88. The number of ether oxygens (including phenoxy) is 1. The Balaban J connectivity index is 2.63. The first-order valence-corrected chi connectivity index (χ1v) is 6.06. The van der Waals surface area contributed by atoms with Crippen LogP contribution in [0.4, 0.5) is 0 Å². The van der Waals surface area contributed by atoms with Crippen LogP contribution in [0.15, 0.2) is 30.3 Å². The van der Waals surface area contributed by atoms with Crippen LogP contribution >= 0.6 is 0 Å². The van der Waals surface area contributed by atoms with E-state index in [-0.39, 0.29) is 0 Å². The molecule has 0 saturated carbocycles. The fourth-order valence-electron chi connectivity index (χ4n) is 1.88. The predicted molar refractivity (Wildman–Crippen MR) is 68.8 cm³/mol. The van der Waals surface area contributed by atoms with Gasteiger partial charge in [-0.15, -0.1) is 0 Å². The average Bonchev–Trinajstić information content (AvgIpc) is 2.35.